The number of methoxy groups -OCH3 is 1. The average Bonchev–Trinajstić information content (AvgIpc) is 3.15. The third-order valence-electron chi connectivity index (χ3n) is 4.39. The smallest absolute Gasteiger partial charge is 0.324 e. The molecule has 0 amide bonds. The second-order valence-corrected chi connectivity index (χ2v) is 6.26. The second kappa shape index (κ2) is 5.77. The summed E-state index contributed by atoms with van der Waals surface area (Å²) >= 11 is 0. The number of aliphatic carboxylic acids is 1. The molecule has 3 atom stereocenters. The molecule has 2 aliphatic rings. The molecule has 2 N–H and O–H groups in total. The van der Waals surface area contributed by atoms with Crippen molar-refractivity contribution in [3.05, 3.63) is 0 Å². The zero-order chi connectivity index (χ0) is 14.0. The normalized spacial score (nSPS) is 31.9. The van der Waals surface area contributed by atoms with E-state index in [9.17, 15) is 9.90 Å². The van der Waals surface area contributed by atoms with Crippen molar-refractivity contribution in [2.75, 3.05) is 20.2 Å². The van der Waals surface area contributed by atoms with Gasteiger partial charge in [0.15, 0.2) is 0 Å². The maximum atomic E-state index is 11.6. The van der Waals surface area contributed by atoms with E-state index in [1.807, 2.05) is 6.92 Å². The van der Waals surface area contributed by atoms with Gasteiger partial charge in [-0.15, -0.1) is 0 Å². The molecule has 19 heavy (non-hydrogen) atoms. The summed E-state index contributed by atoms with van der Waals surface area (Å²) in [5.41, 5.74) is -0.838. The molecule has 0 radical (unpaired) electrons. The Morgan fingerprint density at radius 1 is 1.47 bits per heavy atom. The Morgan fingerprint density at radius 3 is 2.63 bits per heavy atom. The van der Waals surface area contributed by atoms with Crippen LogP contribution in [0.25, 0.3) is 0 Å². The maximum absolute atomic E-state index is 11.6. The number of likely N-dealkylation sites (tertiary alicyclic amines) is 1. The molecule has 1 heterocycles. The number of hydrogen-bond donors (Lipinski definition) is 2. The predicted octanol–water partition coefficient (Wildman–Crippen LogP) is 1.08. The maximum Gasteiger partial charge on any atom is 0.324 e. The minimum absolute atomic E-state index is 0.318. The molecule has 2 rings (SSSR count). The van der Waals surface area contributed by atoms with Crippen LogP contribution in [0.1, 0.15) is 39.5 Å². The van der Waals surface area contributed by atoms with Gasteiger partial charge < -0.3 is 9.84 Å². The van der Waals surface area contributed by atoms with E-state index in [-0.39, 0.29) is 0 Å². The summed E-state index contributed by atoms with van der Waals surface area (Å²) in [4.78, 5) is 13.8. The molecule has 1 aliphatic heterocycles. The Hall–Kier alpha value is -0.650. The SMILES string of the molecule is COC1CCN(CC(C)(NC2CC2)C(=O)O)C(C)C1. The molecule has 0 spiro atoms. The number of carboxylic acids is 1. The number of piperidine rings is 1. The molecule has 5 heteroatoms. The summed E-state index contributed by atoms with van der Waals surface area (Å²) in [6.07, 6.45) is 4.49. The molecule has 0 aromatic heterocycles. The van der Waals surface area contributed by atoms with Crippen molar-refractivity contribution in [3.8, 4) is 0 Å². The van der Waals surface area contributed by atoms with E-state index >= 15 is 0 Å². The lowest BCUT2D eigenvalue weighted by Gasteiger charge is -2.41. The molecule has 1 saturated carbocycles. The van der Waals surface area contributed by atoms with Gasteiger partial charge in [0.1, 0.15) is 5.54 Å². The third-order valence-corrected chi connectivity index (χ3v) is 4.39. The molecule has 1 aliphatic carbocycles. The fourth-order valence-electron chi connectivity index (χ4n) is 2.89. The van der Waals surface area contributed by atoms with Gasteiger partial charge in [-0.05, 0) is 39.5 Å². The van der Waals surface area contributed by atoms with Crippen LogP contribution >= 0.6 is 0 Å². The van der Waals surface area contributed by atoms with E-state index in [1.165, 1.54) is 0 Å². The van der Waals surface area contributed by atoms with E-state index in [0.717, 1.165) is 32.2 Å². The highest BCUT2D eigenvalue weighted by Crippen LogP contribution is 2.26. The van der Waals surface area contributed by atoms with Crippen LogP contribution in [-0.2, 0) is 9.53 Å². The predicted molar refractivity (Wildman–Crippen MR) is 73.3 cm³/mol. The molecule has 0 aromatic rings. The van der Waals surface area contributed by atoms with Crippen molar-refractivity contribution in [1.82, 2.24) is 10.2 Å². The molecular formula is C14H26N2O3. The lowest BCUT2D eigenvalue weighted by atomic mass is 9.95. The molecule has 110 valence electrons. The van der Waals surface area contributed by atoms with Crippen molar-refractivity contribution < 1.29 is 14.6 Å². The van der Waals surface area contributed by atoms with Crippen LogP contribution in [0.4, 0.5) is 0 Å². The molecule has 1 saturated heterocycles. The number of carboxylic acid groups (broad SMARTS) is 1. The van der Waals surface area contributed by atoms with E-state index in [2.05, 4.69) is 17.1 Å². The Kier molecular flexibility index (Phi) is 4.48. The first-order valence-electron chi connectivity index (χ1n) is 7.22. The number of hydrogen-bond acceptors (Lipinski definition) is 4. The number of rotatable bonds is 6. The molecule has 0 aromatic carbocycles. The van der Waals surface area contributed by atoms with Gasteiger partial charge in [-0.1, -0.05) is 0 Å². The summed E-state index contributed by atoms with van der Waals surface area (Å²) < 4.78 is 5.40. The lowest BCUT2D eigenvalue weighted by Crippen LogP contribution is -2.60. The van der Waals surface area contributed by atoms with Gasteiger partial charge in [0, 0.05) is 32.3 Å². The monoisotopic (exact) mass is 270 g/mol. The summed E-state index contributed by atoms with van der Waals surface area (Å²) in [6.45, 7) is 5.44. The van der Waals surface area contributed by atoms with Crippen LogP contribution in [0.5, 0.6) is 0 Å². The zero-order valence-electron chi connectivity index (χ0n) is 12.2. The summed E-state index contributed by atoms with van der Waals surface area (Å²) in [5, 5.41) is 12.8. The van der Waals surface area contributed by atoms with Crippen LogP contribution in [-0.4, -0.2) is 59.9 Å². The average molecular weight is 270 g/mol. The first-order chi connectivity index (χ1) is 8.94. The number of ether oxygens (including phenoxy) is 1. The van der Waals surface area contributed by atoms with E-state index in [1.54, 1.807) is 7.11 Å². The Morgan fingerprint density at radius 2 is 2.16 bits per heavy atom. The zero-order valence-corrected chi connectivity index (χ0v) is 12.2. The van der Waals surface area contributed by atoms with Gasteiger partial charge in [0.05, 0.1) is 6.10 Å². The van der Waals surface area contributed by atoms with Gasteiger partial charge in [0.2, 0.25) is 0 Å². The van der Waals surface area contributed by atoms with Crippen LogP contribution in [0.3, 0.4) is 0 Å². The van der Waals surface area contributed by atoms with Gasteiger partial charge in [-0.2, -0.15) is 0 Å². The van der Waals surface area contributed by atoms with Crippen molar-refractivity contribution >= 4 is 5.97 Å². The molecule has 3 unspecified atom stereocenters. The summed E-state index contributed by atoms with van der Waals surface area (Å²) in [7, 11) is 1.75. The standard InChI is InChI=1S/C14H26N2O3/c1-10-8-12(19-3)6-7-16(10)9-14(2,13(17)18)15-11-4-5-11/h10-12,15H,4-9H2,1-3H3,(H,17,18). The molecular weight excluding hydrogens is 244 g/mol. The van der Waals surface area contributed by atoms with Crippen molar-refractivity contribution in [2.24, 2.45) is 0 Å². The van der Waals surface area contributed by atoms with E-state index < -0.39 is 11.5 Å². The van der Waals surface area contributed by atoms with Gasteiger partial charge in [0.25, 0.3) is 0 Å². The van der Waals surface area contributed by atoms with Crippen LogP contribution in [0.2, 0.25) is 0 Å². The molecule has 2 fully saturated rings. The van der Waals surface area contributed by atoms with Crippen molar-refractivity contribution in [2.45, 2.75) is 63.3 Å². The van der Waals surface area contributed by atoms with Crippen LogP contribution in [0, 0.1) is 0 Å². The van der Waals surface area contributed by atoms with Gasteiger partial charge in [-0.3, -0.25) is 15.0 Å². The lowest BCUT2D eigenvalue weighted by molar-refractivity contribution is -0.145. The first-order valence-corrected chi connectivity index (χ1v) is 7.22. The summed E-state index contributed by atoms with van der Waals surface area (Å²) in [6, 6.07) is 0.770. The second-order valence-electron chi connectivity index (χ2n) is 6.26. The van der Waals surface area contributed by atoms with E-state index in [0.29, 0.717) is 24.7 Å². The third kappa shape index (κ3) is 3.68. The van der Waals surface area contributed by atoms with Gasteiger partial charge in [-0.25, -0.2) is 0 Å². The molecule has 0 bridgehead atoms. The van der Waals surface area contributed by atoms with Crippen LogP contribution in [0.15, 0.2) is 0 Å². The van der Waals surface area contributed by atoms with E-state index in [4.69, 9.17) is 4.74 Å². The quantitative estimate of drug-likeness (QED) is 0.756. The first kappa shape index (κ1) is 14.8. The number of nitrogens with one attached hydrogen (secondary N) is 1. The minimum Gasteiger partial charge on any atom is -0.480 e. The fraction of sp³-hybridized carbons (Fsp3) is 0.929. The highest BCUT2D eigenvalue weighted by molar-refractivity contribution is 5.78. The number of nitrogens with zero attached hydrogens (tertiary/aromatic N) is 1. The van der Waals surface area contributed by atoms with Crippen molar-refractivity contribution in [1.29, 1.82) is 0 Å². The van der Waals surface area contributed by atoms with Crippen LogP contribution < -0.4 is 5.32 Å². The highest BCUT2D eigenvalue weighted by Gasteiger charge is 2.41. The summed E-state index contributed by atoms with van der Waals surface area (Å²) in [5.74, 6) is -0.750. The topological polar surface area (TPSA) is 61.8 Å². The Balaban J connectivity index is 1.95. The minimum atomic E-state index is -0.838. The molecule has 5 nitrogen and oxygen atoms in total. The Bertz CT molecular complexity index is 333. The fourth-order valence-corrected chi connectivity index (χ4v) is 2.89. The van der Waals surface area contributed by atoms with Gasteiger partial charge >= 0.3 is 5.97 Å². The highest BCUT2D eigenvalue weighted by atomic mass is 16.5. The Labute approximate surface area is 115 Å². The van der Waals surface area contributed by atoms with Crippen molar-refractivity contribution in [3.63, 3.8) is 0 Å². The largest absolute Gasteiger partial charge is 0.480 e. The number of carbonyl (C=O) groups is 1.